The molecule has 0 fully saturated rings. The molecule has 0 aliphatic heterocycles. The Balaban J connectivity index is 1.79. The minimum atomic E-state index is -0.596. The van der Waals surface area contributed by atoms with Crippen molar-refractivity contribution >= 4 is 16.5 Å². The summed E-state index contributed by atoms with van der Waals surface area (Å²) in [7, 11) is 1.74. The summed E-state index contributed by atoms with van der Waals surface area (Å²) in [6.07, 6.45) is 6.36. The van der Waals surface area contributed by atoms with Gasteiger partial charge < -0.3 is 5.32 Å². The topological polar surface area (TPSA) is 37.3 Å². The number of nitrogens with zero attached hydrogens (tertiary/aromatic N) is 2. The lowest BCUT2D eigenvalue weighted by Crippen LogP contribution is -2.24. The van der Waals surface area contributed by atoms with Crippen molar-refractivity contribution in [1.29, 1.82) is 0 Å². The van der Waals surface area contributed by atoms with E-state index in [0.29, 0.717) is 23.2 Å². The van der Waals surface area contributed by atoms with E-state index in [1.54, 1.807) is 13.2 Å². The van der Waals surface area contributed by atoms with Gasteiger partial charge in [-0.15, -0.1) is 0 Å². The van der Waals surface area contributed by atoms with Gasteiger partial charge in [-0.2, -0.15) is 0 Å². The fraction of sp³-hybridized carbons (Fsp3) is 0.200. The number of aliphatic imine (C=N–C) groups is 1. The summed E-state index contributed by atoms with van der Waals surface area (Å²) in [6.45, 7) is 3.87. The van der Waals surface area contributed by atoms with Gasteiger partial charge in [0, 0.05) is 53.3 Å². The van der Waals surface area contributed by atoms with Gasteiger partial charge in [-0.25, -0.2) is 8.78 Å². The first-order valence-corrected chi connectivity index (χ1v) is 9.89. The largest absolute Gasteiger partial charge is 0.362 e. The summed E-state index contributed by atoms with van der Waals surface area (Å²) in [5.41, 5.74) is 4.26. The quantitative estimate of drug-likeness (QED) is 0.520. The highest BCUT2D eigenvalue weighted by molar-refractivity contribution is 5.95. The third-order valence-corrected chi connectivity index (χ3v) is 5.44. The Morgan fingerprint density at radius 3 is 2.70 bits per heavy atom. The number of nitrogens with one attached hydrogen (secondary N) is 1. The number of aromatic nitrogens is 1. The molecule has 3 nitrogen and oxygen atoms in total. The Kier molecular flexibility index (Phi) is 5.44. The summed E-state index contributed by atoms with van der Waals surface area (Å²) < 4.78 is 29.3. The fourth-order valence-electron chi connectivity index (χ4n) is 3.86. The van der Waals surface area contributed by atoms with Crippen LogP contribution in [0.15, 0.2) is 77.2 Å². The number of benzene rings is 2. The maximum Gasteiger partial charge on any atom is 0.135 e. The van der Waals surface area contributed by atoms with Crippen molar-refractivity contribution in [3.63, 3.8) is 0 Å². The monoisotopic (exact) mass is 403 g/mol. The van der Waals surface area contributed by atoms with E-state index in [9.17, 15) is 4.39 Å². The second-order valence-electron chi connectivity index (χ2n) is 7.50. The minimum absolute atomic E-state index is 0.131. The predicted octanol–water partition coefficient (Wildman–Crippen LogP) is 6.14. The smallest absolute Gasteiger partial charge is 0.135 e. The van der Waals surface area contributed by atoms with E-state index in [2.05, 4.69) is 15.3 Å². The van der Waals surface area contributed by atoms with Gasteiger partial charge in [0.25, 0.3) is 0 Å². The number of hydrogen-bond donors (Lipinski definition) is 1. The molecule has 2 aromatic carbocycles. The maximum atomic E-state index is 15.1. The third kappa shape index (κ3) is 3.75. The van der Waals surface area contributed by atoms with Crippen molar-refractivity contribution in [1.82, 2.24) is 10.3 Å². The SMILES string of the molecule is C/N=C(C)\C=C(\C)NC1=CC[C@@H]1c1cc(F)cc(F)c1-c1nccc2ccccc12. The van der Waals surface area contributed by atoms with E-state index in [-0.39, 0.29) is 5.92 Å². The van der Waals surface area contributed by atoms with Crippen LogP contribution in [0.3, 0.4) is 0 Å². The Labute approximate surface area is 174 Å². The summed E-state index contributed by atoms with van der Waals surface area (Å²) in [5, 5.41) is 5.17. The standard InChI is InChI=1S/C25H23F2N3/c1-15(28-3)12-16(2)30-23-9-8-20(23)21-13-18(26)14-22(27)24(21)25-19-7-5-4-6-17(19)10-11-29-25/h4-7,9-14,20,30H,8H2,1-3H3/b16-12-,28-15-/t20-/m1/s1. The number of allylic oxidation sites excluding steroid dienone is 4. The van der Waals surface area contributed by atoms with Crippen molar-refractivity contribution < 1.29 is 8.78 Å². The summed E-state index contributed by atoms with van der Waals surface area (Å²) in [5.74, 6) is -1.31. The zero-order valence-electron chi connectivity index (χ0n) is 17.2. The Bertz CT molecular complexity index is 1200. The van der Waals surface area contributed by atoms with E-state index in [1.807, 2.05) is 56.3 Å². The molecule has 0 unspecified atom stereocenters. The third-order valence-electron chi connectivity index (χ3n) is 5.44. The number of pyridine rings is 1. The van der Waals surface area contributed by atoms with Crippen molar-refractivity contribution in [2.45, 2.75) is 26.2 Å². The highest BCUT2D eigenvalue weighted by atomic mass is 19.1. The van der Waals surface area contributed by atoms with Crippen LogP contribution < -0.4 is 5.32 Å². The summed E-state index contributed by atoms with van der Waals surface area (Å²) >= 11 is 0. The average molecular weight is 403 g/mol. The Morgan fingerprint density at radius 1 is 1.17 bits per heavy atom. The molecule has 1 aliphatic carbocycles. The van der Waals surface area contributed by atoms with Gasteiger partial charge in [0.2, 0.25) is 0 Å². The van der Waals surface area contributed by atoms with Crippen molar-refractivity contribution in [3.05, 3.63) is 89.4 Å². The molecular formula is C25H23F2N3. The number of fused-ring (bicyclic) bond motifs is 1. The molecule has 5 heteroatoms. The molecule has 1 aromatic heterocycles. The van der Waals surface area contributed by atoms with Crippen LogP contribution in [0.25, 0.3) is 22.0 Å². The van der Waals surface area contributed by atoms with Gasteiger partial charge in [0.15, 0.2) is 0 Å². The zero-order valence-corrected chi connectivity index (χ0v) is 17.2. The van der Waals surface area contributed by atoms with Gasteiger partial charge in [0.05, 0.1) is 5.69 Å². The first-order valence-electron chi connectivity index (χ1n) is 9.89. The molecule has 0 spiro atoms. The van der Waals surface area contributed by atoms with E-state index in [4.69, 9.17) is 0 Å². The van der Waals surface area contributed by atoms with Crippen molar-refractivity contribution in [2.75, 3.05) is 7.05 Å². The molecule has 0 saturated carbocycles. The van der Waals surface area contributed by atoms with Crippen LogP contribution in [0.1, 0.15) is 31.7 Å². The maximum absolute atomic E-state index is 15.1. The van der Waals surface area contributed by atoms with E-state index < -0.39 is 11.6 Å². The number of rotatable bonds is 5. The molecule has 0 radical (unpaired) electrons. The molecule has 152 valence electrons. The van der Waals surface area contributed by atoms with E-state index in [0.717, 1.165) is 33.9 Å². The van der Waals surface area contributed by atoms with E-state index in [1.165, 1.54) is 6.07 Å². The highest BCUT2D eigenvalue weighted by Crippen LogP contribution is 2.43. The van der Waals surface area contributed by atoms with Crippen LogP contribution in [0.5, 0.6) is 0 Å². The molecule has 1 atom stereocenters. The van der Waals surface area contributed by atoms with Crippen molar-refractivity contribution in [2.24, 2.45) is 4.99 Å². The highest BCUT2D eigenvalue weighted by Gasteiger charge is 2.29. The second-order valence-corrected chi connectivity index (χ2v) is 7.50. The summed E-state index contributed by atoms with van der Waals surface area (Å²) in [4.78, 5) is 8.61. The lowest BCUT2D eigenvalue weighted by molar-refractivity contribution is 0.572. The first kappa shape index (κ1) is 20.0. The number of hydrogen-bond acceptors (Lipinski definition) is 3. The van der Waals surface area contributed by atoms with Crippen LogP contribution in [0.2, 0.25) is 0 Å². The molecule has 0 saturated heterocycles. The fourth-order valence-corrected chi connectivity index (χ4v) is 3.86. The Morgan fingerprint density at radius 2 is 1.97 bits per heavy atom. The molecule has 1 N–H and O–H groups in total. The molecule has 0 bridgehead atoms. The molecule has 3 aromatic rings. The molecular weight excluding hydrogens is 380 g/mol. The van der Waals surface area contributed by atoms with E-state index >= 15 is 4.39 Å². The molecule has 1 aliphatic rings. The molecule has 4 rings (SSSR count). The van der Waals surface area contributed by atoms with Crippen LogP contribution in [-0.2, 0) is 0 Å². The van der Waals surface area contributed by atoms with Gasteiger partial charge in [-0.3, -0.25) is 9.98 Å². The van der Waals surface area contributed by atoms with Gasteiger partial charge in [-0.1, -0.05) is 30.3 Å². The lowest BCUT2D eigenvalue weighted by Gasteiger charge is -2.31. The van der Waals surface area contributed by atoms with Crippen molar-refractivity contribution in [3.8, 4) is 11.3 Å². The number of halogens is 2. The molecule has 0 amide bonds. The normalized spacial score (nSPS) is 17.0. The second kappa shape index (κ2) is 8.19. The first-order chi connectivity index (χ1) is 14.5. The summed E-state index contributed by atoms with van der Waals surface area (Å²) in [6, 6.07) is 12.0. The molecule has 30 heavy (non-hydrogen) atoms. The van der Waals surface area contributed by atoms with Crippen LogP contribution in [-0.4, -0.2) is 17.7 Å². The minimum Gasteiger partial charge on any atom is -0.362 e. The predicted molar refractivity (Wildman–Crippen MR) is 118 cm³/mol. The van der Waals surface area contributed by atoms with Crippen LogP contribution in [0, 0.1) is 11.6 Å². The van der Waals surface area contributed by atoms with Crippen LogP contribution in [0.4, 0.5) is 8.78 Å². The van der Waals surface area contributed by atoms with Gasteiger partial charge >= 0.3 is 0 Å². The zero-order chi connectivity index (χ0) is 21.3. The average Bonchev–Trinajstić information content (AvgIpc) is 2.70. The van der Waals surface area contributed by atoms with Gasteiger partial charge in [-0.05, 0) is 49.4 Å². The molecule has 1 heterocycles. The van der Waals surface area contributed by atoms with Gasteiger partial charge in [0.1, 0.15) is 11.6 Å². The van der Waals surface area contributed by atoms with Crippen LogP contribution >= 0.6 is 0 Å². The Hall–Kier alpha value is -3.34. The lowest BCUT2D eigenvalue weighted by atomic mass is 9.80.